The fourth-order valence-electron chi connectivity index (χ4n) is 2.97. The topological polar surface area (TPSA) is 42.7 Å². The highest BCUT2D eigenvalue weighted by atomic mass is 19.3. The van der Waals surface area contributed by atoms with E-state index in [1.165, 1.54) is 17.0 Å². The quantitative estimate of drug-likeness (QED) is 0.631. The summed E-state index contributed by atoms with van der Waals surface area (Å²) in [6, 6.07) is 13.6. The largest absolute Gasteiger partial charge is 0.461 e. The third-order valence-corrected chi connectivity index (χ3v) is 4.18. The van der Waals surface area contributed by atoms with E-state index in [1.54, 1.807) is 19.2 Å². The molecular formula is C20H19F2NO3. The Labute approximate surface area is 150 Å². The summed E-state index contributed by atoms with van der Waals surface area (Å²) in [4.78, 5) is 14.3. The number of hydrogen-bond donors (Lipinski definition) is 0. The highest BCUT2D eigenvalue weighted by Gasteiger charge is 2.21. The van der Waals surface area contributed by atoms with E-state index in [1.807, 2.05) is 31.2 Å². The Morgan fingerprint density at radius 2 is 1.85 bits per heavy atom. The first-order chi connectivity index (χ1) is 12.5. The van der Waals surface area contributed by atoms with Gasteiger partial charge in [0.25, 0.3) is 5.91 Å². The molecule has 0 saturated carbocycles. The van der Waals surface area contributed by atoms with Crippen molar-refractivity contribution in [2.75, 3.05) is 7.05 Å². The smallest absolute Gasteiger partial charge is 0.387 e. The molecule has 1 heterocycles. The Balaban J connectivity index is 1.89. The third kappa shape index (κ3) is 3.54. The molecule has 0 spiro atoms. The van der Waals surface area contributed by atoms with Crippen molar-refractivity contribution in [2.45, 2.75) is 26.5 Å². The summed E-state index contributed by atoms with van der Waals surface area (Å²) in [5.74, 6) is 0.281. The van der Waals surface area contributed by atoms with E-state index >= 15 is 0 Å². The van der Waals surface area contributed by atoms with Gasteiger partial charge in [0.1, 0.15) is 17.1 Å². The lowest BCUT2D eigenvalue weighted by Gasteiger charge is -2.19. The van der Waals surface area contributed by atoms with E-state index in [-0.39, 0.29) is 11.3 Å². The van der Waals surface area contributed by atoms with Gasteiger partial charge in [0, 0.05) is 31.0 Å². The predicted octanol–water partition coefficient (Wildman–Crippen LogP) is 4.87. The zero-order valence-corrected chi connectivity index (χ0v) is 14.5. The number of amides is 1. The molecular weight excluding hydrogens is 340 g/mol. The van der Waals surface area contributed by atoms with E-state index in [2.05, 4.69) is 4.74 Å². The van der Waals surface area contributed by atoms with E-state index in [9.17, 15) is 13.6 Å². The van der Waals surface area contributed by atoms with E-state index in [0.29, 0.717) is 13.0 Å². The number of furan rings is 1. The summed E-state index contributed by atoms with van der Waals surface area (Å²) < 4.78 is 35.5. The number of fused-ring (bicyclic) bond motifs is 1. The molecule has 0 N–H and O–H groups in total. The number of halogens is 2. The first-order valence-electron chi connectivity index (χ1n) is 8.29. The first kappa shape index (κ1) is 17.9. The molecule has 0 saturated heterocycles. The molecule has 0 aliphatic heterocycles. The Morgan fingerprint density at radius 1 is 1.15 bits per heavy atom. The first-order valence-corrected chi connectivity index (χ1v) is 8.29. The van der Waals surface area contributed by atoms with Crippen LogP contribution in [0.25, 0.3) is 11.0 Å². The molecule has 0 bridgehead atoms. The van der Waals surface area contributed by atoms with Gasteiger partial charge in [-0.15, -0.1) is 0 Å². The highest BCUT2D eigenvalue weighted by molar-refractivity contribution is 5.97. The number of alkyl halides is 2. The summed E-state index contributed by atoms with van der Waals surface area (Å²) in [5.41, 5.74) is 1.79. The van der Waals surface area contributed by atoms with E-state index in [4.69, 9.17) is 4.42 Å². The van der Waals surface area contributed by atoms with Gasteiger partial charge in [-0.25, -0.2) is 0 Å². The second kappa shape index (κ2) is 7.56. The highest BCUT2D eigenvalue weighted by Crippen LogP contribution is 2.28. The van der Waals surface area contributed by atoms with Crippen LogP contribution in [0.3, 0.4) is 0 Å². The van der Waals surface area contributed by atoms with E-state index in [0.717, 1.165) is 22.3 Å². The molecule has 0 fully saturated rings. The zero-order valence-electron chi connectivity index (χ0n) is 14.5. The van der Waals surface area contributed by atoms with Crippen LogP contribution in [-0.4, -0.2) is 24.5 Å². The SMILES string of the molecule is CCc1oc2ccccc2c1CN(C)C(=O)c1ccccc1OC(F)F. The number of aryl methyl sites for hydroxylation is 1. The van der Waals surface area contributed by atoms with Crippen LogP contribution in [0.15, 0.2) is 52.9 Å². The van der Waals surface area contributed by atoms with Crippen molar-refractivity contribution < 1.29 is 22.7 Å². The second-order valence-corrected chi connectivity index (χ2v) is 5.89. The van der Waals surface area contributed by atoms with Crippen LogP contribution >= 0.6 is 0 Å². The van der Waals surface area contributed by atoms with Crippen molar-refractivity contribution in [1.29, 1.82) is 0 Å². The fraction of sp³-hybridized carbons (Fsp3) is 0.250. The van der Waals surface area contributed by atoms with Crippen molar-refractivity contribution in [3.63, 3.8) is 0 Å². The lowest BCUT2D eigenvalue weighted by atomic mass is 10.1. The summed E-state index contributed by atoms with van der Waals surface area (Å²) in [6.07, 6.45) is 0.692. The van der Waals surface area contributed by atoms with Gasteiger partial charge in [0.2, 0.25) is 0 Å². The maximum absolute atomic E-state index is 12.8. The van der Waals surface area contributed by atoms with Gasteiger partial charge in [-0.05, 0) is 18.2 Å². The summed E-state index contributed by atoms with van der Waals surface area (Å²) in [6.45, 7) is -0.699. The molecule has 2 aromatic carbocycles. The average molecular weight is 359 g/mol. The molecule has 0 aliphatic carbocycles. The fourth-order valence-corrected chi connectivity index (χ4v) is 2.97. The Kier molecular flexibility index (Phi) is 5.21. The molecule has 1 aromatic heterocycles. The molecule has 0 aliphatic rings. The van der Waals surface area contributed by atoms with E-state index < -0.39 is 12.5 Å². The van der Waals surface area contributed by atoms with Gasteiger partial charge in [-0.1, -0.05) is 37.3 Å². The lowest BCUT2D eigenvalue weighted by Crippen LogP contribution is -2.27. The molecule has 1 amide bonds. The number of benzene rings is 2. The minimum Gasteiger partial charge on any atom is -0.461 e. The summed E-state index contributed by atoms with van der Waals surface area (Å²) in [7, 11) is 1.63. The molecule has 3 aromatic rings. The minimum absolute atomic E-state index is 0.0983. The van der Waals surface area contributed by atoms with Gasteiger partial charge in [-0.2, -0.15) is 8.78 Å². The standard InChI is InChI=1S/C20H19F2NO3/c1-3-16-15(13-8-4-6-10-17(13)25-16)12-23(2)19(24)14-9-5-7-11-18(14)26-20(21)22/h4-11,20H,3,12H2,1-2H3. The van der Waals surface area contributed by atoms with Crippen LogP contribution in [0.2, 0.25) is 0 Å². The van der Waals surface area contributed by atoms with Gasteiger partial charge in [-0.3, -0.25) is 4.79 Å². The van der Waals surface area contributed by atoms with Crippen LogP contribution < -0.4 is 4.74 Å². The van der Waals surface area contributed by atoms with Crippen molar-refractivity contribution in [1.82, 2.24) is 4.90 Å². The number of ether oxygens (including phenoxy) is 1. The third-order valence-electron chi connectivity index (χ3n) is 4.18. The number of hydrogen-bond acceptors (Lipinski definition) is 3. The zero-order chi connectivity index (χ0) is 18.7. The minimum atomic E-state index is -2.99. The number of rotatable bonds is 6. The van der Waals surface area contributed by atoms with Crippen LogP contribution in [0.1, 0.15) is 28.6 Å². The number of para-hydroxylation sites is 2. The van der Waals surface area contributed by atoms with Crippen LogP contribution in [-0.2, 0) is 13.0 Å². The van der Waals surface area contributed by atoms with Crippen molar-refractivity contribution >= 4 is 16.9 Å². The molecule has 3 rings (SSSR count). The predicted molar refractivity (Wildman–Crippen MR) is 94.5 cm³/mol. The maximum Gasteiger partial charge on any atom is 0.387 e. The lowest BCUT2D eigenvalue weighted by molar-refractivity contribution is -0.0502. The molecule has 0 unspecified atom stereocenters. The van der Waals surface area contributed by atoms with Gasteiger partial charge >= 0.3 is 6.61 Å². The van der Waals surface area contributed by atoms with Gasteiger partial charge in [0.15, 0.2) is 0 Å². The molecule has 4 nitrogen and oxygen atoms in total. The van der Waals surface area contributed by atoms with Crippen molar-refractivity contribution in [3.05, 3.63) is 65.4 Å². The molecule has 0 atom stereocenters. The molecule has 6 heteroatoms. The number of carbonyl (C=O) groups excluding carboxylic acids is 1. The monoisotopic (exact) mass is 359 g/mol. The average Bonchev–Trinajstić information content (AvgIpc) is 2.99. The summed E-state index contributed by atoms with van der Waals surface area (Å²) >= 11 is 0. The van der Waals surface area contributed by atoms with Crippen LogP contribution in [0.4, 0.5) is 8.78 Å². The van der Waals surface area contributed by atoms with Gasteiger partial charge in [0.05, 0.1) is 5.56 Å². The maximum atomic E-state index is 12.8. The van der Waals surface area contributed by atoms with Crippen molar-refractivity contribution in [2.24, 2.45) is 0 Å². The summed E-state index contributed by atoms with van der Waals surface area (Å²) in [5, 5.41) is 0.945. The number of carbonyl (C=O) groups is 1. The van der Waals surface area contributed by atoms with Gasteiger partial charge < -0.3 is 14.1 Å². The van der Waals surface area contributed by atoms with Crippen molar-refractivity contribution in [3.8, 4) is 5.75 Å². The Hall–Kier alpha value is -2.89. The van der Waals surface area contributed by atoms with Crippen LogP contribution in [0, 0.1) is 0 Å². The molecule has 136 valence electrons. The number of nitrogens with zero attached hydrogens (tertiary/aromatic N) is 1. The molecule has 0 radical (unpaired) electrons. The Bertz CT molecular complexity index is 920. The molecule has 26 heavy (non-hydrogen) atoms. The van der Waals surface area contributed by atoms with Crippen LogP contribution in [0.5, 0.6) is 5.75 Å². The Morgan fingerprint density at radius 3 is 2.58 bits per heavy atom. The second-order valence-electron chi connectivity index (χ2n) is 5.89. The normalized spacial score (nSPS) is 11.1.